The molecule has 782 valence electrons. The van der Waals surface area contributed by atoms with Crippen molar-refractivity contribution in [2.45, 2.75) is 437 Å². The van der Waals surface area contributed by atoms with Crippen LogP contribution in [0.15, 0.2) is 235 Å². The average molecular weight is 1910 g/mol. The smallest absolute Gasteiger partial charge is 0.130 e. The first kappa shape index (κ1) is 129. The van der Waals surface area contributed by atoms with Crippen molar-refractivity contribution in [1.82, 2.24) is 39.5 Å². The third kappa shape index (κ3) is 64.3. The highest BCUT2D eigenvalue weighted by Crippen LogP contribution is 2.37. The lowest BCUT2D eigenvalue weighted by Crippen LogP contribution is -2.24. The van der Waals surface area contributed by atoms with Crippen LogP contribution < -0.4 is 0 Å². The monoisotopic (exact) mass is 1910 g/mol. The summed E-state index contributed by atoms with van der Waals surface area (Å²) in [5, 5.41) is 8.28. The zero-order chi connectivity index (χ0) is 104. The molecule has 1 saturated heterocycles. The van der Waals surface area contributed by atoms with Crippen LogP contribution in [-0.4, -0.2) is 65.4 Å². The van der Waals surface area contributed by atoms with Gasteiger partial charge in [-0.1, -0.05) is 392 Å². The minimum absolute atomic E-state index is 0.436. The molecule has 139 heavy (non-hydrogen) atoms. The van der Waals surface area contributed by atoms with Crippen LogP contribution >= 0.6 is 0 Å². The molecule has 11 nitrogen and oxygen atoms in total. The third-order valence-corrected chi connectivity index (χ3v) is 26.6. The van der Waals surface area contributed by atoms with Crippen LogP contribution in [0.5, 0.6) is 0 Å². The highest BCUT2D eigenvalue weighted by molar-refractivity contribution is 5.21. The molecule has 2 atom stereocenters. The van der Waals surface area contributed by atoms with Crippen molar-refractivity contribution in [1.29, 1.82) is 0 Å². The fourth-order valence-corrected chi connectivity index (χ4v) is 16.1. The van der Waals surface area contributed by atoms with Crippen molar-refractivity contribution < 1.29 is 14.2 Å². The highest BCUT2D eigenvalue weighted by atomic mass is 16.5. The van der Waals surface area contributed by atoms with Gasteiger partial charge in [0.15, 0.2) is 0 Å². The number of hydrogen-bond acceptors (Lipinski definition) is 9. The summed E-state index contributed by atoms with van der Waals surface area (Å²) in [4.78, 5) is 16.3. The summed E-state index contributed by atoms with van der Waals surface area (Å²) in [6.07, 6.45) is 62.7. The van der Waals surface area contributed by atoms with E-state index in [1.165, 1.54) is 193 Å². The highest BCUT2D eigenvalue weighted by Gasteiger charge is 2.23. The molecule has 3 aliphatic heterocycles. The Balaban J connectivity index is 0.000000745. The average Bonchev–Trinajstić information content (AvgIpc) is 1.50. The summed E-state index contributed by atoms with van der Waals surface area (Å²) in [6.45, 7) is 80.2. The van der Waals surface area contributed by atoms with Crippen LogP contribution in [0, 0.1) is 64.6 Å². The van der Waals surface area contributed by atoms with E-state index in [0.29, 0.717) is 70.7 Å². The summed E-state index contributed by atoms with van der Waals surface area (Å²) in [7, 11) is 3.87. The molecule has 5 aromatic heterocycles. The Morgan fingerprint density at radius 3 is 1.22 bits per heavy atom. The van der Waals surface area contributed by atoms with Gasteiger partial charge in [0.05, 0.1) is 43.2 Å². The molecule has 15 rings (SSSR count). The lowest BCUT2D eigenvalue weighted by Gasteiger charge is -2.29. The topological polar surface area (TPSA) is 115 Å². The Morgan fingerprint density at radius 1 is 0.381 bits per heavy atom. The summed E-state index contributed by atoms with van der Waals surface area (Å²) < 4.78 is 19.8. The molecule has 2 aromatic carbocycles. The zero-order valence-corrected chi connectivity index (χ0v) is 96.1. The zero-order valence-electron chi connectivity index (χ0n) is 96.1. The van der Waals surface area contributed by atoms with E-state index in [9.17, 15) is 0 Å². The Bertz CT molecular complexity index is 3910. The van der Waals surface area contributed by atoms with Gasteiger partial charge in [0.1, 0.15) is 5.82 Å². The predicted molar refractivity (Wildman–Crippen MR) is 608 cm³/mol. The van der Waals surface area contributed by atoms with Gasteiger partial charge >= 0.3 is 0 Å². The maximum atomic E-state index is 5.54. The molecular formula is C128H212N8O3. The quantitative estimate of drug-likeness (QED) is 0.0926. The first-order valence-electron chi connectivity index (χ1n) is 55.2. The molecule has 0 N–H and O–H groups in total. The third-order valence-electron chi connectivity index (χ3n) is 26.6. The fraction of sp³-hybridized carbons (Fsp3) is 0.641. The lowest BCUT2D eigenvalue weighted by molar-refractivity contribution is -0.0115. The lowest BCUT2D eigenvalue weighted by atomic mass is 9.76. The maximum Gasteiger partial charge on any atom is 0.130 e. The van der Waals surface area contributed by atoms with E-state index in [1.54, 1.807) is 40.9 Å². The molecule has 7 aromatic rings. The van der Waals surface area contributed by atoms with Crippen molar-refractivity contribution in [3.8, 4) is 0 Å². The van der Waals surface area contributed by atoms with Crippen LogP contribution in [-0.2, 0) is 28.3 Å². The van der Waals surface area contributed by atoms with Gasteiger partial charge in [-0.05, 0) is 287 Å². The number of rotatable bonds is 15. The van der Waals surface area contributed by atoms with E-state index in [2.05, 4.69) is 350 Å². The Morgan fingerprint density at radius 2 is 0.914 bits per heavy atom. The second-order valence-electron chi connectivity index (χ2n) is 45.0. The molecule has 2 unspecified atom stereocenters. The molecule has 2 fully saturated rings. The molecule has 5 aliphatic carbocycles. The summed E-state index contributed by atoms with van der Waals surface area (Å²) in [5.41, 5.74) is 17.8. The summed E-state index contributed by atoms with van der Waals surface area (Å²) >= 11 is 0. The van der Waals surface area contributed by atoms with E-state index >= 15 is 0 Å². The van der Waals surface area contributed by atoms with E-state index in [1.807, 2.05) is 109 Å². The van der Waals surface area contributed by atoms with Gasteiger partial charge in [-0.25, -0.2) is 9.97 Å². The molecule has 8 aliphatic rings. The van der Waals surface area contributed by atoms with Crippen LogP contribution in [0.4, 0.5) is 0 Å². The van der Waals surface area contributed by atoms with Crippen molar-refractivity contribution in [2.75, 3.05) is 19.8 Å². The normalized spacial score (nSPS) is 17.0. The van der Waals surface area contributed by atoms with Crippen molar-refractivity contribution in [3.05, 3.63) is 275 Å². The van der Waals surface area contributed by atoms with Gasteiger partial charge in [0.25, 0.3) is 0 Å². The SMILES string of the molecule is C=C1CC=C(C(C)C)CC1.CC(C)C1=CCC(C)(C)CC1.CC(C)C1=CCCCC1.CC(C)C1=CCCCO1.CC(C)C1=COCCC1.CC(C)C1CCCCC1.CC(C)C1CCCCO1.CC(C)c1ccccc1.CC(C)c1ccccc1.CC(C)c1ccccn1.CC(C)c1cccnc1.CC(C)c1ccn(C)n1.CC(C)c1cnn(C)c1.CC(C)c1ncccn1.CC1CC=C(C(C)C)CC1. The van der Waals surface area contributed by atoms with Crippen LogP contribution in [0.1, 0.15) is 470 Å². The van der Waals surface area contributed by atoms with Crippen molar-refractivity contribution in [3.63, 3.8) is 0 Å². The van der Waals surface area contributed by atoms with Gasteiger partial charge in [-0.3, -0.25) is 19.3 Å². The molecule has 8 heterocycles. The number of hydrogen-bond donors (Lipinski definition) is 0. The second-order valence-corrected chi connectivity index (χ2v) is 45.0. The van der Waals surface area contributed by atoms with Crippen molar-refractivity contribution in [2.24, 2.45) is 78.7 Å². The largest absolute Gasteiger partial charge is 0.501 e. The van der Waals surface area contributed by atoms with Gasteiger partial charge in [0.2, 0.25) is 0 Å². The molecule has 0 radical (unpaired) electrons. The van der Waals surface area contributed by atoms with Crippen LogP contribution in [0.25, 0.3) is 0 Å². The molecule has 0 spiro atoms. The first-order chi connectivity index (χ1) is 65.9. The van der Waals surface area contributed by atoms with Gasteiger partial charge in [-0.15, -0.1) is 0 Å². The number of nitrogens with zero attached hydrogens (tertiary/aromatic N) is 8. The summed E-state index contributed by atoms with van der Waals surface area (Å²) in [5.74, 6) is 14.1. The molecule has 0 amide bonds. The molecular weight excluding hydrogens is 1700 g/mol. The minimum Gasteiger partial charge on any atom is -0.501 e. The van der Waals surface area contributed by atoms with Crippen LogP contribution in [0.3, 0.4) is 0 Å². The molecule has 0 bridgehead atoms. The number of ether oxygens (including phenoxy) is 3. The van der Waals surface area contributed by atoms with Gasteiger partial charge in [0, 0.05) is 81.6 Å². The fourth-order valence-electron chi connectivity index (χ4n) is 16.1. The number of allylic oxidation sites excluding steroid dienone is 12. The number of aryl methyl sites for hydroxylation is 2. The first-order valence-corrected chi connectivity index (χ1v) is 55.2. The van der Waals surface area contributed by atoms with Gasteiger partial charge < -0.3 is 14.2 Å². The van der Waals surface area contributed by atoms with Crippen LogP contribution in [0.2, 0.25) is 0 Å². The Kier molecular flexibility index (Phi) is 71.1. The summed E-state index contributed by atoms with van der Waals surface area (Å²) in [6, 6.07) is 35.0. The predicted octanol–water partition coefficient (Wildman–Crippen LogP) is 38.4. The standard InChI is InChI=1S/C11H20.C10H18.C10H16.C9H18.C9H16.2C9H12.2C8H11N.C8H14O.C8H16O.C8H14O.2C7H12N2.C7H10N2/c1-9(2)10-5-7-11(3,4)8-6-10;2*1-8(2)10-6-4-9(3)5-7-10;4*1-8(2)9-6-4-3-5-7-9;1-7(2)8-4-3-5-9-6-8;1-7(2)8-5-3-4-6-9-8;1-7(2)8-4-3-5-9-6-8;2*1-7(2)8-5-3-4-6-9-8;1-6(2)7-4-8-9(3)5-7;1-6(2)7-4-5-9(3)8-7;1-6(2)7-8-4-3-5-9-7/h5,9H,6-8H2,1-4H3;6,8-9H,4-5,7H2,1-3H3;6,8H,3-5,7H2,1-2H3;8-9H,3-7H2,1-2H3;6,8H,3-5,7H2,1-2H3;2*3-8H,1-2H3;2*3-7H,1-2H3;6-7H,3-5H2,1-2H3;7-8H,3-6H2,1-2H3;5,7H,3-4,6H2,1-2H3;2*4-6H,1-3H3;3-6H,1-2H3. The van der Waals surface area contributed by atoms with E-state index < -0.39 is 0 Å². The minimum atomic E-state index is 0.436. The maximum absolute atomic E-state index is 5.54. The molecule has 1 saturated carbocycles. The van der Waals surface area contributed by atoms with E-state index in [0.717, 1.165) is 84.9 Å². The number of aromatic nitrogens is 8. The van der Waals surface area contributed by atoms with E-state index in [-0.39, 0.29) is 0 Å². The number of pyridine rings is 2. The van der Waals surface area contributed by atoms with Gasteiger partial charge in [-0.2, -0.15) is 10.2 Å². The Labute approximate surface area is 857 Å². The molecule has 11 heteroatoms. The Hall–Kier alpha value is -8.02. The van der Waals surface area contributed by atoms with E-state index in [4.69, 9.17) is 14.2 Å². The second kappa shape index (κ2) is 76.6. The number of benzene rings is 2. The van der Waals surface area contributed by atoms with Crippen molar-refractivity contribution >= 4 is 0 Å².